The Kier molecular flexibility index (Phi) is 5.75. The molecule has 0 fully saturated rings. The van der Waals surface area contributed by atoms with E-state index in [2.05, 4.69) is 11.9 Å². The summed E-state index contributed by atoms with van der Waals surface area (Å²) in [6.07, 6.45) is 3.44. The maximum Gasteiger partial charge on any atom is 0.271 e. The highest BCUT2D eigenvalue weighted by atomic mass is 16.6. The van der Waals surface area contributed by atoms with E-state index in [1.165, 1.54) is 25.0 Å². The van der Waals surface area contributed by atoms with E-state index in [0.717, 1.165) is 35.5 Å². The second kappa shape index (κ2) is 8.78. The zero-order valence-corrected chi connectivity index (χ0v) is 16.7. The van der Waals surface area contributed by atoms with Crippen molar-refractivity contribution >= 4 is 16.8 Å². The van der Waals surface area contributed by atoms with Crippen LogP contribution >= 0.6 is 0 Å². The molecule has 1 aromatic heterocycles. The summed E-state index contributed by atoms with van der Waals surface area (Å²) in [5.74, 6) is 1.32. The average Bonchev–Trinajstić information content (AvgIpc) is 3.21. The molecule has 1 heterocycles. The van der Waals surface area contributed by atoms with Gasteiger partial charge in [-0.25, -0.2) is 4.98 Å². The number of aromatic nitrogens is 1. The van der Waals surface area contributed by atoms with Crippen LogP contribution in [0, 0.1) is 10.1 Å². The molecule has 0 saturated carbocycles. The first-order valence-electron chi connectivity index (χ1n) is 10.0. The van der Waals surface area contributed by atoms with E-state index < -0.39 is 4.92 Å². The first-order chi connectivity index (χ1) is 14.6. The third-order valence-corrected chi connectivity index (χ3v) is 4.92. The van der Waals surface area contributed by atoms with Crippen molar-refractivity contribution < 1.29 is 14.1 Å². The van der Waals surface area contributed by atoms with Crippen molar-refractivity contribution in [2.24, 2.45) is 0 Å². The van der Waals surface area contributed by atoms with Crippen molar-refractivity contribution in [1.82, 2.24) is 4.98 Å². The molecule has 3 aromatic carbocycles. The fraction of sp³-hybridized carbons (Fsp3) is 0.208. The summed E-state index contributed by atoms with van der Waals surface area (Å²) in [6.45, 7) is 2.92. The summed E-state index contributed by atoms with van der Waals surface area (Å²) < 4.78 is 11.5. The number of hydrogen-bond donors (Lipinski definition) is 0. The molecule has 30 heavy (non-hydrogen) atoms. The fourth-order valence-electron chi connectivity index (χ4n) is 3.24. The van der Waals surface area contributed by atoms with Gasteiger partial charge in [0.25, 0.3) is 5.69 Å². The van der Waals surface area contributed by atoms with E-state index in [0.29, 0.717) is 17.0 Å². The molecule has 0 amide bonds. The molecule has 0 aliphatic carbocycles. The number of hydrogen-bond acceptors (Lipinski definition) is 5. The Morgan fingerprint density at radius 1 is 0.933 bits per heavy atom. The summed E-state index contributed by atoms with van der Waals surface area (Å²) in [5.41, 5.74) is 3.97. The van der Waals surface area contributed by atoms with E-state index in [4.69, 9.17) is 9.15 Å². The van der Waals surface area contributed by atoms with Gasteiger partial charge in [-0.05, 0) is 47.9 Å². The highest BCUT2D eigenvalue weighted by Crippen LogP contribution is 2.29. The number of nitrogens with zero attached hydrogens (tertiary/aromatic N) is 2. The molecular formula is C24H22N2O4. The van der Waals surface area contributed by atoms with Crippen LogP contribution in [0.25, 0.3) is 33.7 Å². The SMILES string of the molecule is CCCCCOc1ccc(-c2ccc(-c3nc4cc([N+](=O)[O-])ccc4o3)cc2)cc1. The summed E-state index contributed by atoms with van der Waals surface area (Å²) >= 11 is 0. The first kappa shape index (κ1) is 19.6. The normalized spacial score (nSPS) is 11.0. The van der Waals surface area contributed by atoms with Gasteiger partial charge in [-0.1, -0.05) is 44.0 Å². The van der Waals surface area contributed by atoms with Gasteiger partial charge in [0.2, 0.25) is 5.89 Å². The number of ether oxygens (including phenoxy) is 1. The second-order valence-corrected chi connectivity index (χ2v) is 7.09. The summed E-state index contributed by atoms with van der Waals surface area (Å²) in [7, 11) is 0. The number of non-ortho nitro benzene ring substituents is 1. The number of oxazole rings is 1. The Labute approximate surface area is 174 Å². The Bertz CT molecular complexity index is 1150. The van der Waals surface area contributed by atoms with Gasteiger partial charge in [-0.15, -0.1) is 0 Å². The molecule has 0 radical (unpaired) electrons. The average molecular weight is 402 g/mol. The predicted octanol–water partition coefficient (Wildman–Crippen LogP) is 6.64. The van der Waals surface area contributed by atoms with Crippen molar-refractivity contribution in [3.63, 3.8) is 0 Å². The molecule has 6 nitrogen and oxygen atoms in total. The van der Waals surface area contributed by atoms with E-state index >= 15 is 0 Å². The topological polar surface area (TPSA) is 78.4 Å². The molecule has 0 N–H and O–H groups in total. The van der Waals surface area contributed by atoms with Gasteiger partial charge in [-0.2, -0.15) is 0 Å². The minimum atomic E-state index is -0.440. The van der Waals surface area contributed by atoms with Crippen molar-refractivity contribution in [1.29, 1.82) is 0 Å². The Morgan fingerprint density at radius 2 is 1.60 bits per heavy atom. The summed E-state index contributed by atoms with van der Waals surface area (Å²) in [4.78, 5) is 14.9. The van der Waals surface area contributed by atoms with E-state index in [1.54, 1.807) is 6.07 Å². The molecular weight excluding hydrogens is 380 g/mol. The van der Waals surface area contributed by atoms with Crippen molar-refractivity contribution in [2.45, 2.75) is 26.2 Å². The van der Waals surface area contributed by atoms with Crippen molar-refractivity contribution in [3.05, 3.63) is 76.8 Å². The van der Waals surface area contributed by atoms with Crippen LogP contribution in [0.15, 0.2) is 71.1 Å². The van der Waals surface area contributed by atoms with Gasteiger partial charge < -0.3 is 9.15 Å². The third-order valence-electron chi connectivity index (χ3n) is 4.92. The molecule has 152 valence electrons. The lowest BCUT2D eigenvalue weighted by molar-refractivity contribution is -0.384. The van der Waals surface area contributed by atoms with Crippen LogP contribution in [0.3, 0.4) is 0 Å². The lowest BCUT2D eigenvalue weighted by Crippen LogP contribution is -1.96. The smallest absolute Gasteiger partial charge is 0.271 e. The Hall–Kier alpha value is -3.67. The van der Waals surface area contributed by atoms with Crippen molar-refractivity contribution in [3.8, 4) is 28.3 Å². The van der Waals surface area contributed by atoms with E-state index in [-0.39, 0.29) is 5.69 Å². The molecule has 0 spiro atoms. The van der Waals surface area contributed by atoms with Gasteiger partial charge in [0.1, 0.15) is 11.3 Å². The van der Waals surface area contributed by atoms with Crippen LogP contribution in [0.5, 0.6) is 5.75 Å². The highest BCUT2D eigenvalue weighted by Gasteiger charge is 2.13. The van der Waals surface area contributed by atoms with Gasteiger partial charge in [0, 0.05) is 17.7 Å². The predicted molar refractivity (Wildman–Crippen MR) is 117 cm³/mol. The third kappa shape index (κ3) is 4.33. The zero-order valence-electron chi connectivity index (χ0n) is 16.7. The number of nitro benzene ring substituents is 1. The quantitative estimate of drug-likeness (QED) is 0.187. The first-order valence-corrected chi connectivity index (χ1v) is 10.0. The number of rotatable bonds is 8. The lowest BCUT2D eigenvalue weighted by Gasteiger charge is -2.07. The van der Waals surface area contributed by atoms with Crippen LogP contribution in [-0.2, 0) is 0 Å². The zero-order chi connectivity index (χ0) is 20.9. The molecule has 0 unspecified atom stereocenters. The van der Waals surface area contributed by atoms with Crippen LogP contribution in [0.2, 0.25) is 0 Å². The van der Waals surface area contributed by atoms with Crippen LogP contribution in [-0.4, -0.2) is 16.5 Å². The van der Waals surface area contributed by atoms with Crippen molar-refractivity contribution in [2.75, 3.05) is 6.61 Å². The summed E-state index contributed by atoms with van der Waals surface area (Å²) in [5, 5.41) is 10.9. The van der Waals surface area contributed by atoms with Gasteiger partial charge in [0.05, 0.1) is 11.5 Å². The molecule has 0 bridgehead atoms. The molecule has 4 aromatic rings. The highest BCUT2D eigenvalue weighted by molar-refractivity contribution is 5.79. The molecule has 0 aliphatic rings. The second-order valence-electron chi connectivity index (χ2n) is 7.09. The Balaban J connectivity index is 1.49. The van der Waals surface area contributed by atoms with E-state index in [9.17, 15) is 10.1 Å². The molecule has 0 atom stereocenters. The lowest BCUT2D eigenvalue weighted by atomic mass is 10.0. The van der Waals surface area contributed by atoms with Gasteiger partial charge in [-0.3, -0.25) is 10.1 Å². The Morgan fingerprint density at radius 3 is 2.27 bits per heavy atom. The number of fused-ring (bicyclic) bond motifs is 1. The standard InChI is InChI=1S/C24H22N2O4/c1-2-3-4-15-29-21-12-9-18(10-13-21)17-5-7-19(8-6-17)24-25-22-16-20(26(27)28)11-14-23(22)30-24/h5-14,16H,2-4,15H2,1H3. The molecule has 0 saturated heterocycles. The summed E-state index contributed by atoms with van der Waals surface area (Å²) in [6, 6.07) is 20.3. The molecule has 4 rings (SSSR count). The molecule has 0 aliphatic heterocycles. The number of benzene rings is 3. The minimum absolute atomic E-state index is 0.00418. The monoisotopic (exact) mass is 402 g/mol. The van der Waals surface area contributed by atoms with Gasteiger partial charge >= 0.3 is 0 Å². The number of unbranched alkanes of at least 4 members (excludes halogenated alkanes) is 2. The van der Waals surface area contributed by atoms with Crippen LogP contribution < -0.4 is 4.74 Å². The largest absolute Gasteiger partial charge is 0.494 e. The molecule has 6 heteroatoms. The van der Waals surface area contributed by atoms with E-state index in [1.807, 2.05) is 48.5 Å². The number of nitro groups is 1. The minimum Gasteiger partial charge on any atom is -0.494 e. The van der Waals surface area contributed by atoms with Crippen LogP contribution in [0.4, 0.5) is 5.69 Å². The fourth-order valence-corrected chi connectivity index (χ4v) is 3.24. The maximum atomic E-state index is 10.9. The van der Waals surface area contributed by atoms with Crippen LogP contribution in [0.1, 0.15) is 26.2 Å². The maximum absolute atomic E-state index is 10.9. The van der Waals surface area contributed by atoms with Gasteiger partial charge in [0.15, 0.2) is 5.58 Å².